The molecule has 0 radical (unpaired) electrons. The molecule has 1 heterocycles. The molecule has 0 spiro atoms. The lowest BCUT2D eigenvalue weighted by Gasteiger charge is -2.32. The summed E-state index contributed by atoms with van der Waals surface area (Å²) in [6, 6.07) is 5.86. The van der Waals surface area contributed by atoms with Crippen LogP contribution in [0.1, 0.15) is 26.2 Å². The Hall–Kier alpha value is -1.62. The molecule has 0 saturated carbocycles. The Morgan fingerprint density at radius 2 is 2.00 bits per heavy atom. The zero-order chi connectivity index (χ0) is 15.8. The third kappa shape index (κ3) is 5.30. The molecular weight excluding hydrogens is 283 g/mol. The average molecular weight is 308 g/mol. The Bertz CT molecular complexity index is 456. The first kappa shape index (κ1) is 16.7. The van der Waals surface area contributed by atoms with Crippen molar-refractivity contribution in [1.82, 2.24) is 10.2 Å². The average Bonchev–Trinajstić information content (AvgIpc) is 2.55. The Balaban J connectivity index is 1.64. The van der Waals surface area contributed by atoms with E-state index in [1.165, 1.54) is 12.1 Å². The molecule has 0 aliphatic carbocycles. The highest BCUT2D eigenvalue weighted by Gasteiger charge is 2.22. The predicted octanol–water partition coefficient (Wildman–Crippen LogP) is 2.44. The molecule has 1 aliphatic heterocycles. The molecule has 0 unspecified atom stereocenters. The van der Waals surface area contributed by atoms with Crippen LogP contribution in [-0.2, 0) is 4.79 Å². The Kier molecular flexibility index (Phi) is 6.65. The van der Waals surface area contributed by atoms with Crippen LogP contribution in [0.4, 0.5) is 4.39 Å². The number of carbonyl (C=O) groups is 1. The third-order valence-electron chi connectivity index (χ3n) is 4.05. The number of hydrogen-bond donors (Lipinski definition) is 1. The van der Waals surface area contributed by atoms with Crippen LogP contribution in [0.3, 0.4) is 0 Å². The lowest BCUT2D eigenvalue weighted by Crippen LogP contribution is -2.41. The van der Waals surface area contributed by atoms with Gasteiger partial charge in [0.15, 0.2) is 0 Å². The van der Waals surface area contributed by atoms with Gasteiger partial charge in [0.25, 0.3) is 0 Å². The molecule has 0 atom stereocenters. The highest BCUT2D eigenvalue weighted by Crippen LogP contribution is 2.17. The van der Waals surface area contributed by atoms with E-state index in [2.05, 4.69) is 12.2 Å². The maximum atomic E-state index is 12.8. The van der Waals surface area contributed by atoms with Crippen molar-refractivity contribution in [2.75, 3.05) is 32.8 Å². The van der Waals surface area contributed by atoms with Crippen LogP contribution < -0.4 is 10.1 Å². The van der Waals surface area contributed by atoms with Gasteiger partial charge in [0, 0.05) is 13.1 Å². The van der Waals surface area contributed by atoms with Crippen molar-refractivity contribution in [3.63, 3.8) is 0 Å². The van der Waals surface area contributed by atoms with E-state index in [9.17, 15) is 9.18 Å². The Labute approximate surface area is 131 Å². The fourth-order valence-electron chi connectivity index (χ4n) is 2.68. The van der Waals surface area contributed by atoms with Gasteiger partial charge in [-0.3, -0.25) is 4.79 Å². The van der Waals surface area contributed by atoms with Crippen LogP contribution in [-0.4, -0.2) is 43.6 Å². The highest BCUT2D eigenvalue weighted by atomic mass is 19.1. The maximum Gasteiger partial charge on any atom is 0.225 e. The molecule has 1 aliphatic rings. The van der Waals surface area contributed by atoms with Crippen molar-refractivity contribution in [2.45, 2.75) is 26.2 Å². The van der Waals surface area contributed by atoms with Gasteiger partial charge in [-0.1, -0.05) is 6.92 Å². The monoisotopic (exact) mass is 308 g/mol. The summed E-state index contributed by atoms with van der Waals surface area (Å²) in [4.78, 5) is 14.1. The van der Waals surface area contributed by atoms with Crippen molar-refractivity contribution < 1.29 is 13.9 Å². The van der Waals surface area contributed by atoms with Gasteiger partial charge in [0.05, 0.1) is 13.0 Å². The topological polar surface area (TPSA) is 41.6 Å². The number of carbonyl (C=O) groups excluding carboxylic acids is 1. The largest absolute Gasteiger partial charge is 0.493 e. The van der Waals surface area contributed by atoms with Crippen LogP contribution in [0.2, 0.25) is 0 Å². The summed E-state index contributed by atoms with van der Waals surface area (Å²) in [6.45, 7) is 6.17. The lowest BCUT2D eigenvalue weighted by atomic mass is 9.96. The molecule has 0 aromatic heterocycles. The summed E-state index contributed by atoms with van der Waals surface area (Å²) in [5.41, 5.74) is 0. The first-order valence-corrected chi connectivity index (χ1v) is 8.06. The van der Waals surface area contributed by atoms with Gasteiger partial charge in [-0.05, 0) is 56.1 Å². The molecule has 1 aromatic carbocycles. The number of rotatable bonds is 7. The van der Waals surface area contributed by atoms with Gasteiger partial charge in [-0.25, -0.2) is 4.39 Å². The van der Waals surface area contributed by atoms with Crippen molar-refractivity contribution in [3.05, 3.63) is 30.1 Å². The van der Waals surface area contributed by atoms with Gasteiger partial charge in [-0.15, -0.1) is 0 Å². The van der Waals surface area contributed by atoms with E-state index >= 15 is 0 Å². The summed E-state index contributed by atoms with van der Waals surface area (Å²) in [5, 5.41) is 3.37. The number of benzene rings is 1. The molecule has 2 rings (SSSR count). The van der Waals surface area contributed by atoms with Gasteiger partial charge in [0.1, 0.15) is 11.6 Å². The van der Waals surface area contributed by atoms with Crippen LogP contribution in [0, 0.1) is 11.7 Å². The molecule has 1 N–H and O–H groups in total. The number of hydrogen-bond acceptors (Lipinski definition) is 3. The van der Waals surface area contributed by atoms with Crippen molar-refractivity contribution in [1.29, 1.82) is 0 Å². The van der Waals surface area contributed by atoms with E-state index in [4.69, 9.17) is 4.74 Å². The molecule has 122 valence electrons. The zero-order valence-electron chi connectivity index (χ0n) is 13.2. The lowest BCUT2D eigenvalue weighted by molar-refractivity contribution is -0.133. The minimum Gasteiger partial charge on any atom is -0.493 e. The van der Waals surface area contributed by atoms with E-state index < -0.39 is 0 Å². The minimum absolute atomic E-state index is 0.143. The molecule has 1 saturated heterocycles. The molecule has 4 nitrogen and oxygen atoms in total. The molecule has 1 aromatic rings. The number of halogens is 1. The summed E-state index contributed by atoms with van der Waals surface area (Å²) < 4.78 is 18.2. The normalized spacial score (nSPS) is 15.8. The number of likely N-dealkylation sites (tertiary alicyclic amines) is 1. The number of nitrogens with one attached hydrogen (secondary N) is 1. The van der Waals surface area contributed by atoms with Crippen molar-refractivity contribution >= 4 is 5.91 Å². The van der Waals surface area contributed by atoms with E-state index in [0.717, 1.165) is 39.0 Å². The second-order valence-corrected chi connectivity index (χ2v) is 5.68. The van der Waals surface area contributed by atoms with E-state index in [0.29, 0.717) is 24.7 Å². The second-order valence-electron chi connectivity index (χ2n) is 5.68. The van der Waals surface area contributed by atoms with Gasteiger partial charge < -0.3 is 15.0 Å². The van der Waals surface area contributed by atoms with Crippen molar-refractivity contribution in [3.8, 4) is 5.75 Å². The first-order valence-electron chi connectivity index (χ1n) is 8.06. The molecular formula is C17H25FN2O2. The van der Waals surface area contributed by atoms with E-state index in [1.807, 2.05) is 4.90 Å². The molecule has 1 amide bonds. The SMILES string of the molecule is CCNCC1CCN(C(=O)CCOc2ccc(F)cc2)CC1. The number of amides is 1. The van der Waals surface area contributed by atoms with Crippen molar-refractivity contribution in [2.24, 2.45) is 5.92 Å². The molecule has 0 bridgehead atoms. The molecule has 5 heteroatoms. The van der Waals surface area contributed by atoms with Crippen LogP contribution >= 0.6 is 0 Å². The minimum atomic E-state index is -0.288. The van der Waals surface area contributed by atoms with Crippen LogP contribution in [0.15, 0.2) is 24.3 Å². The van der Waals surface area contributed by atoms with Crippen LogP contribution in [0.25, 0.3) is 0 Å². The Morgan fingerprint density at radius 1 is 1.32 bits per heavy atom. The first-order chi connectivity index (χ1) is 10.7. The highest BCUT2D eigenvalue weighted by molar-refractivity contribution is 5.76. The van der Waals surface area contributed by atoms with Gasteiger partial charge >= 0.3 is 0 Å². The number of nitrogens with zero attached hydrogens (tertiary/aromatic N) is 1. The molecule has 1 fully saturated rings. The fourth-order valence-corrected chi connectivity index (χ4v) is 2.68. The standard InChI is InChI=1S/C17H25FN2O2/c1-2-19-13-14-7-10-20(11-8-14)17(21)9-12-22-16-5-3-15(18)4-6-16/h3-6,14,19H,2,7-13H2,1H3. The van der Waals surface area contributed by atoms with E-state index in [1.54, 1.807) is 12.1 Å². The quantitative estimate of drug-likeness (QED) is 0.841. The van der Waals surface area contributed by atoms with E-state index in [-0.39, 0.29) is 11.7 Å². The summed E-state index contributed by atoms with van der Waals surface area (Å²) in [6.07, 6.45) is 2.50. The Morgan fingerprint density at radius 3 is 2.64 bits per heavy atom. The molecule has 22 heavy (non-hydrogen) atoms. The number of ether oxygens (including phenoxy) is 1. The smallest absolute Gasteiger partial charge is 0.225 e. The third-order valence-corrected chi connectivity index (χ3v) is 4.05. The summed E-state index contributed by atoms with van der Waals surface area (Å²) in [5.74, 6) is 1.13. The fraction of sp³-hybridized carbons (Fsp3) is 0.588. The maximum absolute atomic E-state index is 12.8. The van der Waals surface area contributed by atoms with Gasteiger partial charge in [0.2, 0.25) is 5.91 Å². The predicted molar refractivity (Wildman–Crippen MR) is 84.4 cm³/mol. The summed E-state index contributed by atoms with van der Waals surface area (Å²) in [7, 11) is 0. The van der Waals surface area contributed by atoms with Gasteiger partial charge in [-0.2, -0.15) is 0 Å². The zero-order valence-corrected chi connectivity index (χ0v) is 13.2. The second kappa shape index (κ2) is 8.73. The number of piperidine rings is 1. The van der Waals surface area contributed by atoms with Crippen LogP contribution in [0.5, 0.6) is 5.75 Å². The summed E-state index contributed by atoms with van der Waals surface area (Å²) >= 11 is 0.